The number of anilines is 2. The third kappa shape index (κ3) is 7.04. The SMILES string of the molecule is Cc1cccc(N(Cc2ccc(C(C)C)cc2)c2cc(C(=O)O)n(CCCOc3cc(C)c(Cl)c(C)c3)c2)c1. The maximum Gasteiger partial charge on any atom is 0.352 e. The van der Waals surface area contributed by atoms with Gasteiger partial charge in [0, 0.05) is 30.0 Å². The molecule has 0 saturated heterocycles. The number of nitrogens with zero attached hydrogens (tertiary/aromatic N) is 2. The first-order valence-electron chi connectivity index (χ1n) is 13.4. The normalized spacial score (nSPS) is 11.2. The number of hydrogen-bond donors (Lipinski definition) is 1. The number of hydrogen-bond acceptors (Lipinski definition) is 3. The van der Waals surface area contributed by atoms with Gasteiger partial charge in [0.15, 0.2) is 0 Å². The van der Waals surface area contributed by atoms with Crippen molar-refractivity contribution >= 4 is 28.9 Å². The molecule has 4 aromatic rings. The topological polar surface area (TPSA) is 54.7 Å². The molecule has 0 aliphatic rings. The Hall–Kier alpha value is -3.70. The number of rotatable bonds is 11. The van der Waals surface area contributed by atoms with Gasteiger partial charge in [-0.2, -0.15) is 0 Å². The number of aromatic nitrogens is 1. The van der Waals surface area contributed by atoms with Crippen LogP contribution in [-0.4, -0.2) is 22.2 Å². The Bertz CT molecular complexity index is 1420. The molecule has 0 bridgehead atoms. The highest BCUT2D eigenvalue weighted by atomic mass is 35.5. The van der Waals surface area contributed by atoms with Gasteiger partial charge in [-0.15, -0.1) is 0 Å². The molecule has 3 aromatic carbocycles. The van der Waals surface area contributed by atoms with Crippen molar-refractivity contribution in [2.24, 2.45) is 0 Å². The summed E-state index contributed by atoms with van der Waals surface area (Å²) < 4.78 is 7.77. The molecule has 0 atom stereocenters. The molecule has 0 aliphatic heterocycles. The molecular formula is C33H37ClN2O3. The Balaban J connectivity index is 1.55. The van der Waals surface area contributed by atoms with E-state index >= 15 is 0 Å². The minimum absolute atomic E-state index is 0.260. The minimum atomic E-state index is -0.948. The summed E-state index contributed by atoms with van der Waals surface area (Å²) in [6.07, 6.45) is 2.60. The van der Waals surface area contributed by atoms with Crippen LogP contribution in [0.3, 0.4) is 0 Å². The predicted octanol–water partition coefficient (Wildman–Crippen LogP) is 8.70. The van der Waals surface area contributed by atoms with E-state index in [-0.39, 0.29) is 5.69 Å². The van der Waals surface area contributed by atoms with Crippen molar-refractivity contribution in [2.45, 2.75) is 60.0 Å². The lowest BCUT2D eigenvalue weighted by Crippen LogP contribution is -2.16. The summed E-state index contributed by atoms with van der Waals surface area (Å²) in [5.74, 6) is 0.294. The largest absolute Gasteiger partial charge is 0.494 e. The molecule has 6 heteroatoms. The van der Waals surface area contributed by atoms with Gasteiger partial charge in [-0.1, -0.05) is 61.8 Å². The highest BCUT2D eigenvalue weighted by molar-refractivity contribution is 6.32. The number of aromatic carboxylic acids is 1. The second kappa shape index (κ2) is 12.4. The average molecular weight is 545 g/mol. The molecule has 0 amide bonds. The monoisotopic (exact) mass is 544 g/mol. The lowest BCUT2D eigenvalue weighted by molar-refractivity contribution is 0.0684. The molecule has 1 N–H and O–H groups in total. The standard InChI is InChI=1S/C33H37ClN2O3/c1-22(2)27-12-10-26(11-13-27)20-36(28-9-6-8-23(3)16-28)29-19-31(33(37)38)35(21-29)14-7-15-39-30-17-24(4)32(34)25(5)18-30/h6,8-13,16-19,21-22H,7,14-15,20H2,1-5H3,(H,37,38). The molecule has 39 heavy (non-hydrogen) atoms. The van der Waals surface area contributed by atoms with Crippen LogP contribution in [0.5, 0.6) is 5.75 Å². The van der Waals surface area contributed by atoms with Crippen molar-refractivity contribution < 1.29 is 14.6 Å². The van der Waals surface area contributed by atoms with E-state index < -0.39 is 5.97 Å². The molecular weight excluding hydrogens is 508 g/mol. The van der Waals surface area contributed by atoms with Crippen LogP contribution < -0.4 is 9.64 Å². The molecule has 1 heterocycles. The van der Waals surface area contributed by atoms with Crippen LogP contribution in [0.15, 0.2) is 72.9 Å². The van der Waals surface area contributed by atoms with E-state index in [1.807, 2.05) is 42.8 Å². The fraction of sp³-hybridized carbons (Fsp3) is 0.303. The quantitative estimate of drug-likeness (QED) is 0.192. The third-order valence-corrected chi connectivity index (χ3v) is 7.53. The van der Waals surface area contributed by atoms with Gasteiger partial charge >= 0.3 is 5.97 Å². The molecule has 204 valence electrons. The molecule has 5 nitrogen and oxygen atoms in total. The van der Waals surface area contributed by atoms with Crippen LogP contribution >= 0.6 is 11.6 Å². The Kier molecular flexibility index (Phi) is 9.03. The maximum atomic E-state index is 12.2. The molecule has 0 aliphatic carbocycles. The van der Waals surface area contributed by atoms with E-state index in [0.717, 1.165) is 44.4 Å². The summed E-state index contributed by atoms with van der Waals surface area (Å²) in [4.78, 5) is 14.4. The minimum Gasteiger partial charge on any atom is -0.494 e. The maximum absolute atomic E-state index is 12.2. The zero-order valence-corrected chi connectivity index (χ0v) is 24.1. The van der Waals surface area contributed by atoms with E-state index in [1.165, 1.54) is 5.56 Å². The van der Waals surface area contributed by atoms with E-state index in [0.29, 0.717) is 32.0 Å². The van der Waals surface area contributed by atoms with E-state index in [9.17, 15) is 9.90 Å². The lowest BCUT2D eigenvalue weighted by Gasteiger charge is -2.24. The Morgan fingerprint density at radius 1 is 0.974 bits per heavy atom. The number of carboxylic acids is 1. The van der Waals surface area contributed by atoms with Crippen LogP contribution in [-0.2, 0) is 13.1 Å². The van der Waals surface area contributed by atoms with Crippen molar-refractivity contribution in [3.63, 3.8) is 0 Å². The van der Waals surface area contributed by atoms with Crippen LogP contribution in [0.1, 0.15) is 64.5 Å². The fourth-order valence-corrected chi connectivity index (χ4v) is 4.85. The average Bonchev–Trinajstić information content (AvgIpc) is 3.32. The van der Waals surface area contributed by atoms with Gasteiger partial charge in [0.25, 0.3) is 0 Å². The highest BCUT2D eigenvalue weighted by Crippen LogP contribution is 2.31. The number of halogens is 1. The Labute approximate surface area is 236 Å². The molecule has 0 unspecified atom stereocenters. The van der Waals surface area contributed by atoms with Crippen LogP contribution in [0, 0.1) is 20.8 Å². The van der Waals surface area contributed by atoms with Crippen LogP contribution in [0.4, 0.5) is 11.4 Å². The van der Waals surface area contributed by atoms with Crippen molar-refractivity contribution in [3.05, 3.63) is 111 Å². The summed E-state index contributed by atoms with van der Waals surface area (Å²) in [6.45, 7) is 12.0. The van der Waals surface area contributed by atoms with Crippen molar-refractivity contribution in [3.8, 4) is 5.75 Å². The van der Waals surface area contributed by atoms with Gasteiger partial charge in [-0.25, -0.2) is 4.79 Å². The number of aryl methyl sites for hydroxylation is 4. The van der Waals surface area contributed by atoms with Crippen LogP contribution in [0.2, 0.25) is 5.02 Å². The number of benzene rings is 3. The highest BCUT2D eigenvalue weighted by Gasteiger charge is 2.19. The Morgan fingerprint density at radius 3 is 2.28 bits per heavy atom. The van der Waals surface area contributed by atoms with Gasteiger partial charge in [-0.05, 0) is 91.3 Å². The summed E-state index contributed by atoms with van der Waals surface area (Å²) in [5.41, 5.74) is 7.68. The predicted molar refractivity (Wildman–Crippen MR) is 160 cm³/mol. The van der Waals surface area contributed by atoms with Gasteiger partial charge in [-0.3, -0.25) is 0 Å². The summed E-state index contributed by atoms with van der Waals surface area (Å²) in [5, 5.41) is 10.7. The third-order valence-electron chi connectivity index (χ3n) is 6.94. The van der Waals surface area contributed by atoms with E-state index in [4.69, 9.17) is 16.3 Å². The smallest absolute Gasteiger partial charge is 0.352 e. The number of carbonyl (C=O) groups is 1. The van der Waals surface area contributed by atoms with Gasteiger partial charge in [0.05, 0.1) is 12.3 Å². The van der Waals surface area contributed by atoms with Gasteiger partial charge in [0.2, 0.25) is 0 Å². The van der Waals surface area contributed by atoms with Crippen molar-refractivity contribution in [1.82, 2.24) is 4.57 Å². The first-order chi connectivity index (χ1) is 18.6. The summed E-state index contributed by atoms with van der Waals surface area (Å²) in [6, 6.07) is 22.6. The van der Waals surface area contributed by atoms with Crippen molar-refractivity contribution in [1.29, 1.82) is 0 Å². The van der Waals surface area contributed by atoms with E-state index in [1.54, 1.807) is 6.07 Å². The number of ether oxygens (including phenoxy) is 1. The summed E-state index contributed by atoms with van der Waals surface area (Å²) in [7, 11) is 0. The second-order valence-electron chi connectivity index (χ2n) is 10.5. The second-order valence-corrected chi connectivity index (χ2v) is 10.9. The molecule has 0 spiro atoms. The zero-order valence-electron chi connectivity index (χ0n) is 23.4. The zero-order chi connectivity index (χ0) is 28.1. The number of carboxylic acid groups (broad SMARTS) is 1. The fourth-order valence-electron chi connectivity index (χ4n) is 4.74. The Morgan fingerprint density at radius 2 is 1.67 bits per heavy atom. The molecule has 0 fully saturated rings. The summed E-state index contributed by atoms with van der Waals surface area (Å²) >= 11 is 6.27. The van der Waals surface area contributed by atoms with Crippen LogP contribution in [0.25, 0.3) is 0 Å². The van der Waals surface area contributed by atoms with Gasteiger partial charge < -0.3 is 19.3 Å². The van der Waals surface area contributed by atoms with E-state index in [2.05, 4.69) is 68.1 Å². The molecule has 0 saturated carbocycles. The molecule has 4 rings (SSSR count). The first kappa shape index (κ1) is 28.3. The van der Waals surface area contributed by atoms with Crippen molar-refractivity contribution in [2.75, 3.05) is 11.5 Å². The lowest BCUT2D eigenvalue weighted by atomic mass is 10.0. The molecule has 0 radical (unpaired) electrons. The first-order valence-corrected chi connectivity index (χ1v) is 13.8. The van der Waals surface area contributed by atoms with Gasteiger partial charge in [0.1, 0.15) is 11.4 Å². The molecule has 1 aromatic heterocycles.